The van der Waals surface area contributed by atoms with E-state index in [4.69, 9.17) is 0 Å². The molecule has 1 aliphatic heterocycles. The highest BCUT2D eigenvalue weighted by molar-refractivity contribution is 5.58. The number of hydrogen-bond donors (Lipinski definition) is 0. The summed E-state index contributed by atoms with van der Waals surface area (Å²) in [4.78, 5) is 6.88. The molecule has 0 bridgehead atoms. The van der Waals surface area contributed by atoms with Crippen LogP contribution in [0.25, 0.3) is 0 Å². The van der Waals surface area contributed by atoms with E-state index in [2.05, 4.69) is 29.8 Å². The molecule has 3 nitrogen and oxygen atoms in total. The van der Waals surface area contributed by atoms with E-state index in [0.29, 0.717) is 5.41 Å². The van der Waals surface area contributed by atoms with E-state index in [0.717, 1.165) is 35.7 Å². The van der Waals surface area contributed by atoms with Gasteiger partial charge >= 0.3 is 0 Å². The van der Waals surface area contributed by atoms with Crippen LogP contribution in [0.4, 0.5) is 5.82 Å². The van der Waals surface area contributed by atoms with Crippen LogP contribution in [0.3, 0.4) is 0 Å². The summed E-state index contributed by atoms with van der Waals surface area (Å²) in [6.45, 7) is 10.5. The molecule has 1 fully saturated rings. The van der Waals surface area contributed by atoms with Crippen molar-refractivity contribution in [3.05, 3.63) is 22.9 Å². The second kappa shape index (κ2) is 4.61. The summed E-state index contributed by atoms with van der Waals surface area (Å²) in [5.41, 5.74) is 3.07. The molecule has 2 heterocycles. The minimum absolute atomic E-state index is 0.310. The number of hydrogen-bond acceptors (Lipinski definition) is 3. The lowest BCUT2D eigenvalue weighted by Crippen LogP contribution is -2.41. The molecule has 1 aromatic rings. The molecule has 1 saturated heterocycles. The fourth-order valence-electron chi connectivity index (χ4n) is 2.79. The van der Waals surface area contributed by atoms with Crippen molar-refractivity contribution in [2.75, 3.05) is 18.0 Å². The molecule has 0 saturated carbocycles. The zero-order chi connectivity index (χ0) is 13.3. The van der Waals surface area contributed by atoms with Gasteiger partial charge in [0.1, 0.15) is 11.9 Å². The maximum absolute atomic E-state index is 9.33. The first-order chi connectivity index (χ1) is 8.43. The summed E-state index contributed by atoms with van der Waals surface area (Å²) in [5, 5.41) is 9.33. The minimum Gasteiger partial charge on any atom is -0.355 e. The third kappa shape index (κ3) is 2.48. The summed E-state index contributed by atoms with van der Waals surface area (Å²) in [6, 6.07) is 4.29. The Balaban J connectivity index is 2.42. The predicted octanol–water partition coefficient (Wildman–Crippen LogP) is 3.20. The topological polar surface area (TPSA) is 39.9 Å². The Kier molecular flexibility index (Phi) is 3.30. The van der Waals surface area contributed by atoms with Crippen molar-refractivity contribution in [1.82, 2.24) is 4.98 Å². The molecule has 18 heavy (non-hydrogen) atoms. The smallest absolute Gasteiger partial charge is 0.147 e. The molecule has 0 aromatic carbocycles. The maximum Gasteiger partial charge on any atom is 0.147 e. The van der Waals surface area contributed by atoms with Gasteiger partial charge in [-0.2, -0.15) is 5.26 Å². The molecule has 0 N–H and O–H groups in total. The van der Waals surface area contributed by atoms with Crippen LogP contribution in [0, 0.1) is 30.6 Å². The average molecular weight is 243 g/mol. The van der Waals surface area contributed by atoms with E-state index in [-0.39, 0.29) is 0 Å². The molecular formula is C15H21N3. The van der Waals surface area contributed by atoms with E-state index < -0.39 is 0 Å². The van der Waals surface area contributed by atoms with Crippen molar-refractivity contribution in [3.8, 4) is 6.07 Å². The number of piperidine rings is 1. The summed E-state index contributed by atoms with van der Waals surface area (Å²) >= 11 is 0. The molecule has 96 valence electrons. The van der Waals surface area contributed by atoms with Crippen LogP contribution in [0.1, 0.15) is 43.5 Å². The van der Waals surface area contributed by atoms with Crippen molar-refractivity contribution in [3.63, 3.8) is 0 Å². The Hall–Kier alpha value is -1.56. The van der Waals surface area contributed by atoms with Crippen LogP contribution in [-0.4, -0.2) is 18.1 Å². The van der Waals surface area contributed by atoms with Gasteiger partial charge in [-0.15, -0.1) is 0 Å². The summed E-state index contributed by atoms with van der Waals surface area (Å²) in [6.07, 6.45) is 2.42. The van der Waals surface area contributed by atoms with Crippen molar-refractivity contribution in [2.45, 2.75) is 40.5 Å². The molecule has 0 aliphatic carbocycles. The lowest BCUT2D eigenvalue weighted by atomic mass is 9.84. The van der Waals surface area contributed by atoms with Gasteiger partial charge < -0.3 is 4.90 Å². The molecule has 0 spiro atoms. The number of pyridine rings is 1. The summed E-state index contributed by atoms with van der Waals surface area (Å²) in [5.74, 6) is 0.878. The zero-order valence-corrected chi connectivity index (χ0v) is 11.7. The zero-order valence-electron chi connectivity index (χ0n) is 11.7. The summed E-state index contributed by atoms with van der Waals surface area (Å²) < 4.78 is 0. The largest absolute Gasteiger partial charge is 0.355 e. The first kappa shape index (κ1) is 12.9. The van der Waals surface area contributed by atoms with E-state index in [1.54, 1.807) is 0 Å². The van der Waals surface area contributed by atoms with Crippen LogP contribution in [-0.2, 0) is 0 Å². The van der Waals surface area contributed by atoms with Gasteiger partial charge in [0, 0.05) is 18.8 Å². The van der Waals surface area contributed by atoms with Crippen LogP contribution < -0.4 is 4.90 Å². The standard InChI is InChI=1S/C15H21N3/c1-11-8-12(2)17-14(13(11)9-16)18-7-5-6-15(3,4)10-18/h8H,5-7,10H2,1-4H3. The van der Waals surface area contributed by atoms with Crippen LogP contribution in [0.15, 0.2) is 6.07 Å². The van der Waals surface area contributed by atoms with Gasteiger partial charge in [-0.05, 0) is 43.7 Å². The second-order valence-electron chi connectivity index (χ2n) is 6.08. The lowest BCUT2D eigenvalue weighted by Gasteiger charge is -2.39. The third-order valence-electron chi connectivity index (χ3n) is 3.64. The number of nitrogens with zero attached hydrogens (tertiary/aromatic N) is 3. The van der Waals surface area contributed by atoms with Gasteiger partial charge in [0.05, 0.1) is 5.56 Å². The minimum atomic E-state index is 0.310. The van der Waals surface area contributed by atoms with Gasteiger partial charge in [-0.3, -0.25) is 0 Å². The highest BCUT2D eigenvalue weighted by atomic mass is 15.2. The van der Waals surface area contributed by atoms with Gasteiger partial charge in [0.2, 0.25) is 0 Å². The quantitative estimate of drug-likeness (QED) is 0.760. The Bertz CT molecular complexity index is 497. The molecule has 0 radical (unpaired) electrons. The first-order valence-electron chi connectivity index (χ1n) is 6.56. The molecule has 1 aliphatic rings. The molecule has 1 aromatic heterocycles. The van der Waals surface area contributed by atoms with Gasteiger partial charge in [-0.25, -0.2) is 4.98 Å². The summed E-state index contributed by atoms with van der Waals surface area (Å²) in [7, 11) is 0. The van der Waals surface area contributed by atoms with E-state index in [1.165, 1.54) is 12.8 Å². The van der Waals surface area contributed by atoms with Crippen molar-refractivity contribution in [1.29, 1.82) is 5.26 Å². The number of aromatic nitrogens is 1. The monoisotopic (exact) mass is 243 g/mol. The Morgan fingerprint density at radius 3 is 2.72 bits per heavy atom. The first-order valence-corrected chi connectivity index (χ1v) is 6.56. The number of aryl methyl sites for hydroxylation is 2. The Morgan fingerprint density at radius 2 is 2.11 bits per heavy atom. The van der Waals surface area contributed by atoms with E-state index >= 15 is 0 Å². The average Bonchev–Trinajstić information content (AvgIpc) is 2.26. The fourth-order valence-corrected chi connectivity index (χ4v) is 2.79. The van der Waals surface area contributed by atoms with Crippen molar-refractivity contribution >= 4 is 5.82 Å². The van der Waals surface area contributed by atoms with Crippen LogP contribution >= 0.6 is 0 Å². The molecular weight excluding hydrogens is 222 g/mol. The van der Waals surface area contributed by atoms with Crippen molar-refractivity contribution < 1.29 is 0 Å². The van der Waals surface area contributed by atoms with Gasteiger partial charge in [0.15, 0.2) is 0 Å². The lowest BCUT2D eigenvalue weighted by molar-refractivity contribution is 0.292. The molecule has 0 amide bonds. The van der Waals surface area contributed by atoms with Crippen LogP contribution in [0.5, 0.6) is 0 Å². The highest BCUT2D eigenvalue weighted by Gasteiger charge is 2.28. The number of anilines is 1. The third-order valence-corrected chi connectivity index (χ3v) is 3.64. The Morgan fingerprint density at radius 1 is 1.39 bits per heavy atom. The van der Waals surface area contributed by atoms with Crippen molar-refractivity contribution in [2.24, 2.45) is 5.41 Å². The maximum atomic E-state index is 9.33. The van der Waals surface area contributed by atoms with Crippen LogP contribution in [0.2, 0.25) is 0 Å². The van der Waals surface area contributed by atoms with Gasteiger partial charge in [0.25, 0.3) is 0 Å². The predicted molar refractivity (Wildman–Crippen MR) is 73.7 cm³/mol. The second-order valence-corrected chi connectivity index (χ2v) is 6.08. The number of rotatable bonds is 1. The molecule has 0 unspecified atom stereocenters. The SMILES string of the molecule is Cc1cc(C)c(C#N)c(N2CCCC(C)(C)C2)n1. The van der Waals surface area contributed by atoms with E-state index in [1.807, 2.05) is 19.9 Å². The Labute approximate surface area is 109 Å². The molecule has 3 heteroatoms. The van der Waals surface area contributed by atoms with Gasteiger partial charge in [-0.1, -0.05) is 13.8 Å². The highest BCUT2D eigenvalue weighted by Crippen LogP contribution is 2.32. The molecule has 2 rings (SSSR count). The normalized spacial score (nSPS) is 18.5. The van der Waals surface area contributed by atoms with E-state index in [9.17, 15) is 5.26 Å². The fraction of sp³-hybridized carbons (Fsp3) is 0.600. The molecule has 0 atom stereocenters. The number of nitriles is 1.